The largest absolute Gasteiger partial charge is 0.369 e. The van der Waals surface area contributed by atoms with Crippen LogP contribution in [0.15, 0.2) is 0 Å². The van der Waals surface area contributed by atoms with Crippen molar-refractivity contribution in [2.45, 2.75) is 20.8 Å². The van der Waals surface area contributed by atoms with Gasteiger partial charge < -0.3 is 4.74 Å². The summed E-state index contributed by atoms with van der Waals surface area (Å²) in [5.74, 6) is 2.38. The molecule has 0 aliphatic heterocycles. The topological polar surface area (TPSA) is 9.23 Å². The minimum atomic E-state index is 0. The molecule has 0 N–H and O–H groups in total. The molecular weight excluding hydrogens is 100 g/mol. The molecule has 0 aliphatic carbocycles. The van der Waals surface area contributed by atoms with Gasteiger partial charge in [0.25, 0.3) is 0 Å². The summed E-state index contributed by atoms with van der Waals surface area (Å²) in [5, 5.41) is 0. The number of hydrogen-bond donors (Lipinski definition) is 0. The third-order valence-electron chi connectivity index (χ3n) is 0.534. The molecule has 0 saturated heterocycles. The minimum Gasteiger partial charge on any atom is -0.369 e. The second kappa shape index (κ2) is 9.72. The number of terminal acetylenes is 1. The summed E-state index contributed by atoms with van der Waals surface area (Å²) in [6.07, 6.45) is 5.94. The van der Waals surface area contributed by atoms with Gasteiger partial charge in [-0.2, -0.15) is 0 Å². The van der Waals surface area contributed by atoms with Gasteiger partial charge in [-0.25, -0.2) is 0 Å². The van der Waals surface area contributed by atoms with Gasteiger partial charge in [0.2, 0.25) is 0 Å². The lowest BCUT2D eigenvalue weighted by molar-refractivity contribution is 0.168. The number of hydrogen-bond acceptors (Lipinski definition) is 1. The van der Waals surface area contributed by atoms with Crippen molar-refractivity contribution in [3.63, 3.8) is 0 Å². The molecule has 0 amide bonds. The lowest BCUT2D eigenvalue weighted by Gasteiger charge is -1.91. The van der Waals surface area contributed by atoms with E-state index < -0.39 is 0 Å². The van der Waals surface area contributed by atoms with Crippen LogP contribution in [-0.2, 0) is 4.74 Å². The van der Waals surface area contributed by atoms with Gasteiger partial charge in [-0.15, -0.1) is 6.42 Å². The molecule has 0 fully saturated rings. The van der Waals surface area contributed by atoms with Gasteiger partial charge in [0.1, 0.15) is 6.61 Å². The van der Waals surface area contributed by atoms with Gasteiger partial charge in [0.15, 0.2) is 0 Å². The molecule has 48 valence electrons. The van der Waals surface area contributed by atoms with Gasteiger partial charge in [-0.3, -0.25) is 0 Å². The Kier molecular flexibility index (Phi) is 12.8. The molecule has 1 heteroatoms. The van der Waals surface area contributed by atoms with E-state index in [0.29, 0.717) is 6.61 Å². The first-order chi connectivity index (χ1) is 3.41. The molecule has 0 heterocycles. The van der Waals surface area contributed by atoms with E-state index in [0.717, 1.165) is 13.0 Å². The lowest BCUT2D eigenvalue weighted by atomic mass is 10.5. The van der Waals surface area contributed by atoms with Gasteiger partial charge in [0, 0.05) is 6.61 Å². The highest BCUT2D eigenvalue weighted by molar-refractivity contribution is 4.82. The normalized spacial score (nSPS) is 7.00. The fourth-order valence-electron chi connectivity index (χ4n) is 0.275. The third-order valence-corrected chi connectivity index (χ3v) is 0.534. The van der Waals surface area contributed by atoms with Crippen LogP contribution in [-0.4, -0.2) is 13.2 Å². The smallest absolute Gasteiger partial charge is 0.107 e. The second-order valence-corrected chi connectivity index (χ2v) is 1.26. The molecule has 0 radical (unpaired) electrons. The maximum atomic E-state index is 4.90. The maximum absolute atomic E-state index is 4.90. The molecule has 0 aromatic heterocycles. The van der Waals surface area contributed by atoms with Gasteiger partial charge >= 0.3 is 0 Å². The summed E-state index contributed by atoms with van der Waals surface area (Å²) in [6.45, 7) is 3.29. The Bertz CT molecular complexity index is 61.3. The van der Waals surface area contributed by atoms with E-state index in [2.05, 4.69) is 12.8 Å². The van der Waals surface area contributed by atoms with Gasteiger partial charge in [-0.1, -0.05) is 20.3 Å². The van der Waals surface area contributed by atoms with E-state index in [-0.39, 0.29) is 7.43 Å². The summed E-state index contributed by atoms with van der Waals surface area (Å²) in [6, 6.07) is 0. The molecule has 8 heavy (non-hydrogen) atoms. The highest BCUT2D eigenvalue weighted by atomic mass is 16.5. The van der Waals surface area contributed by atoms with Crippen molar-refractivity contribution in [3.05, 3.63) is 0 Å². The molecule has 0 aliphatic rings. The maximum Gasteiger partial charge on any atom is 0.107 e. The average Bonchev–Trinajstić information content (AvgIpc) is 1.69. The number of ether oxygens (including phenoxy) is 1. The lowest BCUT2D eigenvalue weighted by Crippen LogP contribution is -1.90. The van der Waals surface area contributed by atoms with E-state index in [9.17, 15) is 0 Å². The van der Waals surface area contributed by atoms with Crippen LogP contribution in [0.3, 0.4) is 0 Å². The van der Waals surface area contributed by atoms with Crippen LogP contribution in [0.25, 0.3) is 0 Å². The minimum absolute atomic E-state index is 0. The zero-order valence-electron chi connectivity index (χ0n) is 4.61. The Morgan fingerprint density at radius 1 is 1.62 bits per heavy atom. The zero-order chi connectivity index (χ0) is 5.54. The SMILES string of the molecule is C.C#CCOCCC. The molecule has 0 bridgehead atoms. The second-order valence-electron chi connectivity index (χ2n) is 1.26. The van der Waals surface area contributed by atoms with Crippen molar-refractivity contribution in [1.82, 2.24) is 0 Å². The highest BCUT2D eigenvalue weighted by Gasteiger charge is 1.75. The van der Waals surface area contributed by atoms with Crippen molar-refractivity contribution in [1.29, 1.82) is 0 Å². The number of rotatable bonds is 3. The molecular formula is C7H14O. The summed E-state index contributed by atoms with van der Waals surface area (Å²) >= 11 is 0. The van der Waals surface area contributed by atoms with E-state index >= 15 is 0 Å². The Morgan fingerprint density at radius 3 is 2.62 bits per heavy atom. The van der Waals surface area contributed by atoms with Crippen molar-refractivity contribution in [3.8, 4) is 12.3 Å². The molecule has 1 nitrogen and oxygen atoms in total. The first-order valence-electron chi connectivity index (χ1n) is 2.43. The monoisotopic (exact) mass is 114 g/mol. The van der Waals surface area contributed by atoms with Crippen molar-refractivity contribution >= 4 is 0 Å². The third kappa shape index (κ3) is 9.10. The Labute approximate surface area is 52.0 Å². The van der Waals surface area contributed by atoms with E-state index in [1.54, 1.807) is 0 Å². The summed E-state index contributed by atoms with van der Waals surface area (Å²) in [5.41, 5.74) is 0. The van der Waals surface area contributed by atoms with E-state index in [1.807, 2.05) is 0 Å². The van der Waals surface area contributed by atoms with Crippen LogP contribution in [0.1, 0.15) is 20.8 Å². The standard InChI is InChI=1S/C6H10O.CH4/c1-3-5-7-6-4-2;/h1H,4-6H2,2H3;1H4. The van der Waals surface area contributed by atoms with Gasteiger partial charge in [0.05, 0.1) is 0 Å². The predicted molar refractivity (Wildman–Crippen MR) is 36.7 cm³/mol. The fourth-order valence-corrected chi connectivity index (χ4v) is 0.275. The molecule has 0 aromatic carbocycles. The quantitative estimate of drug-likeness (QED) is 0.400. The van der Waals surface area contributed by atoms with E-state index in [4.69, 9.17) is 11.2 Å². The Hall–Kier alpha value is -0.480. The summed E-state index contributed by atoms with van der Waals surface area (Å²) in [4.78, 5) is 0. The fraction of sp³-hybridized carbons (Fsp3) is 0.714. The Balaban J connectivity index is 0. The van der Waals surface area contributed by atoms with Crippen molar-refractivity contribution in [2.75, 3.05) is 13.2 Å². The first kappa shape index (κ1) is 10.5. The van der Waals surface area contributed by atoms with Crippen LogP contribution in [0.4, 0.5) is 0 Å². The van der Waals surface area contributed by atoms with Crippen LogP contribution < -0.4 is 0 Å². The van der Waals surface area contributed by atoms with Crippen LogP contribution in [0, 0.1) is 12.3 Å². The van der Waals surface area contributed by atoms with Crippen molar-refractivity contribution < 1.29 is 4.74 Å². The predicted octanol–water partition coefficient (Wildman–Crippen LogP) is 1.68. The van der Waals surface area contributed by atoms with Crippen LogP contribution in [0.2, 0.25) is 0 Å². The molecule has 0 atom stereocenters. The molecule has 0 saturated carbocycles. The van der Waals surface area contributed by atoms with E-state index in [1.165, 1.54) is 0 Å². The van der Waals surface area contributed by atoms with Crippen molar-refractivity contribution in [2.24, 2.45) is 0 Å². The molecule has 0 spiro atoms. The van der Waals surface area contributed by atoms with Crippen LogP contribution in [0.5, 0.6) is 0 Å². The molecule has 0 rings (SSSR count). The molecule has 0 aromatic rings. The van der Waals surface area contributed by atoms with Gasteiger partial charge in [-0.05, 0) is 6.42 Å². The summed E-state index contributed by atoms with van der Waals surface area (Å²) in [7, 11) is 0. The molecule has 0 unspecified atom stereocenters. The van der Waals surface area contributed by atoms with Crippen LogP contribution >= 0.6 is 0 Å². The first-order valence-corrected chi connectivity index (χ1v) is 2.43. The highest BCUT2D eigenvalue weighted by Crippen LogP contribution is 1.76. The summed E-state index contributed by atoms with van der Waals surface area (Å²) < 4.78 is 4.90. The zero-order valence-corrected chi connectivity index (χ0v) is 4.61. The Morgan fingerprint density at radius 2 is 2.25 bits per heavy atom. The average molecular weight is 114 g/mol.